The molecule has 0 aliphatic rings. The van der Waals surface area contributed by atoms with Crippen LogP contribution in [-0.4, -0.2) is 11.2 Å². The van der Waals surface area contributed by atoms with Crippen LogP contribution in [0.1, 0.15) is 45.1 Å². The summed E-state index contributed by atoms with van der Waals surface area (Å²) < 4.78 is 0. The van der Waals surface area contributed by atoms with Gasteiger partial charge in [0, 0.05) is 0 Å². The maximum absolute atomic E-state index is 9.93. The van der Waals surface area contributed by atoms with E-state index in [0.717, 1.165) is 32.1 Å². The van der Waals surface area contributed by atoms with Crippen molar-refractivity contribution in [2.75, 3.05) is 0 Å². The maximum Gasteiger partial charge on any atom is 0.0565 e. The lowest BCUT2D eigenvalue weighted by atomic mass is 9.94. The minimum atomic E-state index is -0.122. The highest BCUT2D eigenvalue weighted by Gasteiger charge is 2.12. The zero-order valence-corrected chi connectivity index (χ0v) is 10.5. The van der Waals surface area contributed by atoms with Crippen molar-refractivity contribution in [3.8, 4) is 0 Å². The normalized spacial score (nSPS) is 14.7. The smallest absolute Gasteiger partial charge is 0.0565 e. The van der Waals surface area contributed by atoms with Crippen molar-refractivity contribution < 1.29 is 5.11 Å². The number of benzene rings is 1. The van der Waals surface area contributed by atoms with Gasteiger partial charge < -0.3 is 5.11 Å². The van der Waals surface area contributed by atoms with E-state index in [9.17, 15) is 5.11 Å². The van der Waals surface area contributed by atoms with E-state index in [2.05, 4.69) is 38.1 Å². The summed E-state index contributed by atoms with van der Waals surface area (Å²) in [6, 6.07) is 10.5. The average molecular weight is 220 g/mol. The molecule has 2 atom stereocenters. The van der Waals surface area contributed by atoms with E-state index in [-0.39, 0.29) is 6.10 Å². The van der Waals surface area contributed by atoms with Gasteiger partial charge in [0.15, 0.2) is 0 Å². The van der Waals surface area contributed by atoms with Gasteiger partial charge in [-0.25, -0.2) is 0 Å². The van der Waals surface area contributed by atoms with Gasteiger partial charge in [-0.15, -0.1) is 0 Å². The van der Waals surface area contributed by atoms with Crippen LogP contribution in [0.4, 0.5) is 0 Å². The molecule has 0 amide bonds. The van der Waals surface area contributed by atoms with Gasteiger partial charge in [0.2, 0.25) is 0 Å². The summed E-state index contributed by atoms with van der Waals surface area (Å²) in [5, 5.41) is 9.93. The first-order chi connectivity index (χ1) is 7.74. The van der Waals surface area contributed by atoms with Crippen molar-refractivity contribution in [1.29, 1.82) is 0 Å². The molecule has 1 aromatic rings. The molecule has 0 fully saturated rings. The van der Waals surface area contributed by atoms with Gasteiger partial charge in [0.25, 0.3) is 0 Å². The summed E-state index contributed by atoms with van der Waals surface area (Å²) >= 11 is 0. The highest BCUT2D eigenvalue weighted by Crippen LogP contribution is 2.16. The van der Waals surface area contributed by atoms with E-state index in [0.29, 0.717) is 5.92 Å². The quantitative estimate of drug-likeness (QED) is 0.741. The van der Waals surface area contributed by atoms with Gasteiger partial charge in [-0.3, -0.25) is 0 Å². The van der Waals surface area contributed by atoms with Gasteiger partial charge in [-0.1, -0.05) is 50.6 Å². The molecule has 0 bridgehead atoms. The Morgan fingerprint density at radius 1 is 1.12 bits per heavy atom. The van der Waals surface area contributed by atoms with Gasteiger partial charge in [0.1, 0.15) is 0 Å². The minimum Gasteiger partial charge on any atom is -0.393 e. The predicted molar refractivity (Wildman–Crippen MR) is 69.5 cm³/mol. The van der Waals surface area contributed by atoms with E-state index < -0.39 is 0 Å². The lowest BCUT2D eigenvalue weighted by Crippen LogP contribution is -2.17. The molecule has 0 aliphatic carbocycles. The Bertz CT molecular complexity index is 268. The molecule has 0 aliphatic heterocycles. The van der Waals surface area contributed by atoms with E-state index in [1.165, 1.54) is 5.56 Å². The number of aliphatic hydroxyl groups is 1. The largest absolute Gasteiger partial charge is 0.393 e. The minimum absolute atomic E-state index is 0.122. The van der Waals surface area contributed by atoms with E-state index in [1.54, 1.807) is 0 Å². The second-order valence-electron chi connectivity index (χ2n) is 4.71. The lowest BCUT2D eigenvalue weighted by Gasteiger charge is -2.17. The molecule has 1 heteroatoms. The summed E-state index contributed by atoms with van der Waals surface area (Å²) in [4.78, 5) is 0. The molecule has 0 saturated heterocycles. The molecule has 0 spiro atoms. The second-order valence-corrected chi connectivity index (χ2v) is 4.71. The number of aryl methyl sites for hydroxylation is 1. The first-order valence-corrected chi connectivity index (χ1v) is 6.46. The Morgan fingerprint density at radius 3 is 2.44 bits per heavy atom. The van der Waals surface area contributed by atoms with Crippen LogP contribution in [0.3, 0.4) is 0 Å². The zero-order valence-electron chi connectivity index (χ0n) is 10.5. The highest BCUT2D eigenvalue weighted by atomic mass is 16.3. The van der Waals surface area contributed by atoms with Crippen LogP contribution >= 0.6 is 0 Å². The second kappa shape index (κ2) is 7.45. The molecule has 1 rings (SSSR count). The molecule has 0 heterocycles. The monoisotopic (exact) mass is 220 g/mol. The number of rotatable bonds is 7. The SMILES string of the molecule is CCCC(C)C(O)CCCc1ccccc1. The van der Waals surface area contributed by atoms with Crippen molar-refractivity contribution in [2.24, 2.45) is 5.92 Å². The maximum atomic E-state index is 9.93. The fourth-order valence-corrected chi connectivity index (χ4v) is 2.09. The summed E-state index contributed by atoms with van der Waals surface area (Å²) in [5.41, 5.74) is 1.37. The van der Waals surface area contributed by atoms with Crippen LogP contribution in [0.25, 0.3) is 0 Å². The summed E-state index contributed by atoms with van der Waals surface area (Å²) in [6.45, 7) is 4.32. The molecule has 90 valence electrons. The van der Waals surface area contributed by atoms with Gasteiger partial charge in [-0.2, -0.15) is 0 Å². The van der Waals surface area contributed by atoms with Crippen molar-refractivity contribution in [2.45, 2.75) is 52.1 Å². The third kappa shape index (κ3) is 4.80. The lowest BCUT2D eigenvalue weighted by molar-refractivity contribution is 0.101. The molecule has 0 aromatic heterocycles. The third-order valence-corrected chi connectivity index (χ3v) is 3.21. The third-order valence-electron chi connectivity index (χ3n) is 3.21. The predicted octanol–water partition coefficient (Wildman–Crippen LogP) is 3.81. The topological polar surface area (TPSA) is 20.2 Å². The van der Waals surface area contributed by atoms with E-state index in [1.807, 2.05) is 6.07 Å². The Morgan fingerprint density at radius 2 is 1.81 bits per heavy atom. The van der Waals surface area contributed by atoms with Crippen LogP contribution in [-0.2, 0) is 6.42 Å². The van der Waals surface area contributed by atoms with Gasteiger partial charge in [-0.05, 0) is 37.2 Å². The molecule has 1 nitrogen and oxygen atoms in total. The number of hydrogen-bond acceptors (Lipinski definition) is 1. The van der Waals surface area contributed by atoms with Gasteiger partial charge >= 0.3 is 0 Å². The molecule has 2 unspecified atom stereocenters. The highest BCUT2D eigenvalue weighted by molar-refractivity contribution is 5.14. The summed E-state index contributed by atoms with van der Waals surface area (Å²) in [7, 11) is 0. The van der Waals surface area contributed by atoms with E-state index >= 15 is 0 Å². The fraction of sp³-hybridized carbons (Fsp3) is 0.600. The van der Waals surface area contributed by atoms with Crippen LogP contribution in [0.15, 0.2) is 30.3 Å². The molecule has 1 N–H and O–H groups in total. The molecule has 16 heavy (non-hydrogen) atoms. The Labute approximate surface area is 99.5 Å². The number of hydrogen-bond donors (Lipinski definition) is 1. The summed E-state index contributed by atoms with van der Waals surface area (Å²) in [6.07, 6.45) is 5.26. The number of aliphatic hydroxyl groups excluding tert-OH is 1. The zero-order chi connectivity index (χ0) is 11.8. The molecule has 1 aromatic carbocycles. The molecule has 0 saturated carbocycles. The standard InChI is InChI=1S/C15H24O/c1-3-8-13(2)15(16)12-7-11-14-9-5-4-6-10-14/h4-6,9-10,13,15-16H,3,7-8,11-12H2,1-2H3. The average Bonchev–Trinajstić information content (AvgIpc) is 2.30. The van der Waals surface area contributed by atoms with Crippen molar-refractivity contribution >= 4 is 0 Å². The van der Waals surface area contributed by atoms with Crippen LogP contribution in [0.2, 0.25) is 0 Å². The van der Waals surface area contributed by atoms with Crippen molar-refractivity contribution in [1.82, 2.24) is 0 Å². The molecular formula is C15H24O. The first-order valence-electron chi connectivity index (χ1n) is 6.46. The van der Waals surface area contributed by atoms with Crippen LogP contribution in [0, 0.1) is 5.92 Å². The van der Waals surface area contributed by atoms with E-state index in [4.69, 9.17) is 0 Å². The molecular weight excluding hydrogens is 196 g/mol. The van der Waals surface area contributed by atoms with Crippen LogP contribution in [0.5, 0.6) is 0 Å². The van der Waals surface area contributed by atoms with Crippen molar-refractivity contribution in [3.05, 3.63) is 35.9 Å². The first kappa shape index (κ1) is 13.2. The Kier molecular flexibility index (Phi) is 6.17. The molecule has 0 radical (unpaired) electrons. The Balaban J connectivity index is 2.20. The van der Waals surface area contributed by atoms with Crippen molar-refractivity contribution in [3.63, 3.8) is 0 Å². The Hall–Kier alpha value is -0.820. The van der Waals surface area contributed by atoms with Crippen LogP contribution < -0.4 is 0 Å². The summed E-state index contributed by atoms with van der Waals surface area (Å²) in [5.74, 6) is 0.445. The van der Waals surface area contributed by atoms with Gasteiger partial charge in [0.05, 0.1) is 6.10 Å². The fourth-order valence-electron chi connectivity index (χ4n) is 2.09.